The molecule has 0 bridgehead atoms. The summed E-state index contributed by atoms with van der Waals surface area (Å²) < 4.78 is 7.50. The Labute approximate surface area is 146 Å². The Bertz CT molecular complexity index is 702. The van der Waals surface area contributed by atoms with Crippen molar-refractivity contribution in [2.45, 2.75) is 4.90 Å². The van der Waals surface area contributed by atoms with E-state index < -0.39 is 0 Å². The van der Waals surface area contributed by atoms with Crippen LogP contribution in [0.15, 0.2) is 53.4 Å². The number of ether oxygens (including phenoxy) is 1. The van der Waals surface area contributed by atoms with E-state index in [1.165, 1.54) is 0 Å². The topological polar surface area (TPSA) is 53.6 Å². The van der Waals surface area contributed by atoms with Gasteiger partial charge in [-0.1, -0.05) is 12.1 Å². The molecule has 1 saturated heterocycles. The lowest BCUT2D eigenvalue weighted by molar-refractivity contribution is 0.102. The molecule has 0 spiro atoms. The van der Waals surface area contributed by atoms with Crippen molar-refractivity contribution in [2.75, 3.05) is 38.6 Å². The summed E-state index contributed by atoms with van der Waals surface area (Å²) in [4.78, 5) is 13.6. The van der Waals surface area contributed by atoms with Crippen LogP contribution >= 0.6 is 11.9 Å². The highest BCUT2D eigenvalue weighted by Gasteiger charge is 2.13. The molecule has 0 unspecified atom stereocenters. The molecule has 6 heteroatoms. The van der Waals surface area contributed by atoms with Crippen molar-refractivity contribution in [3.8, 4) is 5.75 Å². The molecular weight excluding hydrogens is 322 g/mol. The van der Waals surface area contributed by atoms with Crippen LogP contribution in [0.5, 0.6) is 5.75 Å². The second-order valence-electron chi connectivity index (χ2n) is 5.48. The van der Waals surface area contributed by atoms with Gasteiger partial charge in [-0.05, 0) is 42.3 Å². The number of carbonyl (C=O) groups excluding carboxylic acids is 1. The Kier molecular flexibility index (Phi) is 5.74. The first kappa shape index (κ1) is 16.8. The van der Waals surface area contributed by atoms with Crippen molar-refractivity contribution in [3.05, 3.63) is 54.1 Å². The summed E-state index contributed by atoms with van der Waals surface area (Å²) in [6.45, 7) is 4.02. The van der Waals surface area contributed by atoms with Gasteiger partial charge in [0, 0.05) is 48.4 Å². The molecule has 0 saturated carbocycles. The quantitative estimate of drug-likeness (QED) is 0.818. The summed E-state index contributed by atoms with van der Waals surface area (Å²) >= 11 is 1.70. The van der Waals surface area contributed by atoms with Gasteiger partial charge in [0.15, 0.2) is 0 Å². The molecule has 0 atom stereocenters. The molecule has 1 fully saturated rings. The van der Waals surface area contributed by atoms with Crippen LogP contribution in [0, 0.1) is 0 Å². The predicted octanol–water partition coefficient (Wildman–Crippen LogP) is 2.86. The molecule has 126 valence electrons. The van der Waals surface area contributed by atoms with Crippen LogP contribution in [-0.4, -0.2) is 43.5 Å². The maximum atomic E-state index is 12.5. The minimum atomic E-state index is -0.119. The highest BCUT2D eigenvalue weighted by atomic mass is 32.2. The molecule has 2 aromatic carbocycles. The van der Waals surface area contributed by atoms with Crippen molar-refractivity contribution >= 4 is 23.5 Å². The van der Waals surface area contributed by atoms with Crippen molar-refractivity contribution in [3.63, 3.8) is 0 Å². The van der Waals surface area contributed by atoms with Gasteiger partial charge in [-0.2, -0.15) is 0 Å². The Balaban J connectivity index is 1.67. The Morgan fingerprint density at radius 1 is 1.17 bits per heavy atom. The first-order chi connectivity index (χ1) is 11.7. The Morgan fingerprint density at radius 2 is 1.96 bits per heavy atom. The molecule has 24 heavy (non-hydrogen) atoms. The van der Waals surface area contributed by atoms with Gasteiger partial charge >= 0.3 is 0 Å². The first-order valence-electron chi connectivity index (χ1n) is 7.94. The molecule has 1 heterocycles. The van der Waals surface area contributed by atoms with Crippen LogP contribution in [0.4, 0.5) is 5.69 Å². The second kappa shape index (κ2) is 8.19. The summed E-state index contributed by atoms with van der Waals surface area (Å²) in [7, 11) is 1.61. The number of rotatable bonds is 5. The van der Waals surface area contributed by atoms with Crippen molar-refractivity contribution in [1.29, 1.82) is 0 Å². The van der Waals surface area contributed by atoms with Crippen molar-refractivity contribution in [1.82, 2.24) is 9.62 Å². The Hall–Kier alpha value is -2.02. The SMILES string of the molecule is COc1cccc(NC(=O)c2cccc(SN3CCNCC3)c2)c1. The summed E-state index contributed by atoms with van der Waals surface area (Å²) in [5.74, 6) is 0.599. The third-order valence-electron chi connectivity index (χ3n) is 3.73. The van der Waals surface area contributed by atoms with E-state index in [1.54, 1.807) is 25.1 Å². The van der Waals surface area contributed by atoms with Crippen LogP contribution in [-0.2, 0) is 0 Å². The normalized spacial score (nSPS) is 15.0. The molecule has 1 aliphatic heterocycles. The maximum Gasteiger partial charge on any atom is 0.255 e. The number of nitrogens with zero attached hydrogens (tertiary/aromatic N) is 1. The minimum absolute atomic E-state index is 0.119. The number of hydrogen-bond donors (Lipinski definition) is 2. The van der Waals surface area contributed by atoms with E-state index in [-0.39, 0.29) is 5.91 Å². The number of methoxy groups -OCH3 is 1. The second-order valence-corrected chi connectivity index (χ2v) is 6.65. The predicted molar refractivity (Wildman–Crippen MR) is 97.7 cm³/mol. The van der Waals surface area contributed by atoms with E-state index in [0.717, 1.165) is 42.5 Å². The van der Waals surface area contributed by atoms with Crippen molar-refractivity contribution in [2.24, 2.45) is 0 Å². The van der Waals surface area contributed by atoms with Gasteiger partial charge in [0.2, 0.25) is 0 Å². The number of piperazine rings is 1. The van der Waals surface area contributed by atoms with Gasteiger partial charge in [-0.3, -0.25) is 4.79 Å². The van der Waals surface area contributed by atoms with Gasteiger partial charge < -0.3 is 15.4 Å². The molecule has 1 amide bonds. The molecular formula is C18H21N3O2S. The fourth-order valence-corrected chi connectivity index (χ4v) is 3.47. The average molecular weight is 343 g/mol. The smallest absolute Gasteiger partial charge is 0.255 e. The molecule has 0 aromatic heterocycles. The molecule has 2 N–H and O–H groups in total. The standard InChI is InChI=1S/C18H21N3O2S/c1-23-16-6-3-5-15(13-16)20-18(22)14-4-2-7-17(12-14)24-21-10-8-19-9-11-21/h2-7,12-13,19H,8-11H2,1H3,(H,20,22). The van der Waals surface area contributed by atoms with E-state index in [2.05, 4.69) is 14.9 Å². The zero-order valence-corrected chi connectivity index (χ0v) is 14.4. The minimum Gasteiger partial charge on any atom is -0.497 e. The lowest BCUT2D eigenvalue weighted by Crippen LogP contribution is -2.39. The molecule has 3 rings (SSSR count). The number of amides is 1. The summed E-state index contributed by atoms with van der Waals surface area (Å²) in [6, 6.07) is 15.1. The molecule has 0 radical (unpaired) electrons. The molecule has 5 nitrogen and oxygen atoms in total. The highest BCUT2D eigenvalue weighted by Crippen LogP contribution is 2.24. The van der Waals surface area contributed by atoms with Gasteiger partial charge in [-0.25, -0.2) is 4.31 Å². The van der Waals surface area contributed by atoms with Crippen LogP contribution in [0.1, 0.15) is 10.4 Å². The monoisotopic (exact) mass is 343 g/mol. The van der Waals surface area contributed by atoms with Crippen LogP contribution in [0.2, 0.25) is 0 Å². The largest absolute Gasteiger partial charge is 0.497 e. The first-order valence-corrected chi connectivity index (χ1v) is 8.71. The number of anilines is 1. The summed E-state index contributed by atoms with van der Waals surface area (Å²) in [5, 5.41) is 6.25. The van der Waals surface area contributed by atoms with Gasteiger partial charge in [0.1, 0.15) is 5.75 Å². The highest BCUT2D eigenvalue weighted by molar-refractivity contribution is 7.97. The number of carbonyl (C=O) groups is 1. The summed E-state index contributed by atoms with van der Waals surface area (Å²) in [6.07, 6.45) is 0. The molecule has 1 aliphatic rings. The zero-order chi connectivity index (χ0) is 16.8. The van der Waals surface area contributed by atoms with E-state index in [4.69, 9.17) is 4.74 Å². The van der Waals surface area contributed by atoms with Gasteiger partial charge in [-0.15, -0.1) is 0 Å². The third-order valence-corrected chi connectivity index (χ3v) is 4.82. The lowest BCUT2D eigenvalue weighted by atomic mass is 10.2. The van der Waals surface area contributed by atoms with Gasteiger partial charge in [0.05, 0.1) is 7.11 Å². The van der Waals surface area contributed by atoms with Gasteiger partial charge in [0.25, 0.3) is 5.91 Å². The average Bonchev–Trinajstić information content (AvgIpc) is 2.63. The van der Waals surface area contributed by atoms with Crippen molar-refractivity contribution < 1.29 is 9.53 Å². The lowest BCUT2D eigenvalue weighted by Gasteiger charge is -2.25. The summed E-state index contributed by atoms with van der Waals surface area (Å²) in [5.41, 5.74) is 1.37. The number of benzene rings is 2. The fourth-order valence-electron chi connectivity index (χ4n) is 2.48. The van der Waals surface area contributed by atoms with E-state index in [0.29, 0.717) is 5.56 Å². The van der Waals surface area contributed by atoms with E-state index >= 15 is 0 Å². The fraction of sp³-hybridized carbons (Fsp3) is 0.278. The number of nitrogens with one attached hydrogen (secondary N) is 2. The maximum absolute atomic E-state index is 12.5. The van der Waals surface area contributed by atoms with Crippen LogP contribution in [0.3, 0.4) is 0 Å². The van der Waals surface area contributed by atoms with Crippen LogP contribution < -0.4 is 15.4 Å². The third kappa shape index (κ3) is 4.50. The van der Waals surface area contributed by atoms with Crippen LogP contribution in [0.25, 0.3) is 0 Å². The molecule has 0 aliphatic carbocycles. The zero-order valence-electron chi connectivity index (χ0n) is 13.6. The Morgan fingerprint density at radius 3 is 2.75 bits per heavy atom. The van der Waals surface area contributed by atoms with E-state index in [9.17, 15) is 4.79 Å². The number of hydrogen-bond acceptors (Lipinski definition) is 5. The molecule has 2 aromatic rings. The van der Waals surface area contributed by atoms with E-state index in [1.807, 2.05) is 42.5 Å².